The monoisotopic (exact) mass is 485 g/mol. The third-order valence-electron chi connectivity index (χ3n) is 3.41. The molecule has 0 saturated heterocycles. The zero-order valence-electron chi connectivity index (χ0n) is 13.9. The van der Waals surface area contributed by atoms with Crippen LogP contribution in [0.2, 0.25) is 10.2 Å². The van der Waals surface area contributed by atoms with Crippen LogP contribution in [0.1, 0.15) is 25.4 Å². The van der Waals surface area contributed by atoms with Crippen LogP contribution < -0.4 is 10.6 Å². The Kier molecular flexibility index (Phi) is 8.85. The molecule has 134 valence electrons. The number of hydrogen-bond donors (Lipinski definition) is 2. The van der Waals surface area contributed by atoms with Gasteiger partial charge in [-0.15, -0.1) is 34.2 Å². The summed E-state index contributed by atoms with van der Waals surface area (Å²) >= 11 is 12.1. The summed E-state index contributed by atoms with van der Waals surface area (Å²) in [6, 6.07) is 1.82. The summed E-state index contributed by atoms with van der Waals surface area (Å²) in [5.74, 6) is 1.56. The molecule has 0 aliphatic carbocycles. The van der Waals surface area contributed by atoms with E-state index >= 15 is 0 Å². The van der Waals surface area contributed by atoms with E-state index in [4.69, 9.17) is 23.2 Å². The van der Waals surface area contributed by atoms with Crippen molar-refractivity contribution < 1.29 is 0 Å². The normalized spacial score (nSPS) is 11.3. The van der Waals surface area contributed by atoms with E-state index in [1.807, 2.05) is 29.2 Å². The highest BCUT2D eigenvalue weighted by Crippen LogP contribution is 2.25. The van der Waals surface area contributed by atoms with Gasteiger partial charge >= 0.3 is 0 Å². The van der Waals surface area contributed by atoms with Crippen molar-refractivity contribution in [2.75, 3.05) is 6.54 Å². The minimum atomic E-state index is 0. The van der Waals surface area contributed by atoms with Crippen LogP contribution in [0.5, 0.6) is 0 Å². The second kappa shape index (κ2) is 10.1. The lowest BCUT2D eigenvalue weighted by molar-refractivity contribution is 0.669. The van der Waals surface area contributed by atoms with Gasteiger partial charge in [0.15, 0.2) is 11.8 Å². The summed E-state index contributed by atoms with van der Waals surface area (Å²) in [5, 5.41) is 15.5. The van der Waals surface area contributed by atoms with E-state index in [2.05, 4.69) is 32.7 Å². The molecular weight excluding hydrogens is 464 g/mol. The first-order chi connectivity index (χ1) is 11.1. The molecule has 2 heterocycles. The van der Waals surface area contributed by atoms with E-state index in [0.717, 1.165) is 24.6 Å². The van der Waals surface area contributed by atoms with Crippen molar-refractivity contribution in [1.29, 1.82) is 0 Å². The molecular formula is C14H22Cl2IN7. The first kappa shape index (κ1) is 21.0. The summed E-state index contributed by atoms with van der Waals surface area (Å²) in [4.78, 5) is 4.55. The lowest BCUT2D eigenvalue weighted by atomic mass is 10.4. The molecule has 2 aromatic rings. The first-order valence-electron chi connectivity index (χ1n) is 7.45. The average Bonchev–Trinajstić information content (AvgIpc) is 3.10. The molecule has 2 aromatic heterocycles. The molecule has 7 nitrogen and oxygen atoms in total. The maximum atomic E-state index is 6.07. The molecule has 2 N–H and O–H groups in total. The number of rotatable bonds is 6. The molecule has 0 fully saturated rings. The lowest BCUT2D eigenvalue weighted by Crippen LogP contribution is -2.37. The summed E-state index contributed by atoms with van der Waals surface area (Å²) < 4.78 is 3.80. The molecule has 10 heteroatoms. The number of guanidine groups is 1. The zero-order chi connectivity index (χ0) is 16.8. The van der Waals surface area contributed by atoms with Crippen LogP contribution in [-0.4, -0.2) is 31.8 Å². The van der Waals surface area contributed by atoms with E-state index < -0.39 is 0 Å². The standard InChI is InChI=1S/C14H21Cl2N7.HI/c1-4-17-14(19-8-12-21-20-9-23(12)5-2)18-7-10-6-11(15)13(16)22(10)3;/h6,9H,4-5,7-8H2,1-3H3,(H2,17,18,19);1H. The number of hydrogen-bond acceptors (Lipinski definition) is 3. The molecule has 0 unspecified atom stereocenters. The quantitative estimate of drug-likeness (QED) is 0.375. The van der Waals surface area contributed by atoms with Gasteiger partial charge in [-0.1, -0.05) is 23.2 Å². The minimum absolute atomic E-state index is 0. The largest absolute Gasteiger partial charge is 0.357 e. The summed E-state index contributed by atoms with van der Waals surface area (Å²) in [6.45, 7) is 6.68. The fraction of sp³-hybridized carbons (Fsp3) is 0.500. The molecule has 0 atom stereocenters. The van der Waals surface area contributed by atoms with Gasteiger partial charge in [-0.05, 0) is 19.9 Å². The van der Waals surface area contributed by atoms with E-state index in [0.29, 0.717) is 29.2 Å². The van der Waals surface area contributed by atoms with Gasteiger partial charge in [-0.25, -0.2) is 4.99 Å². The Morgan fingerprint density at radius 2 is 2.04 bits per heavy atom. The van der Waals surface area contributed by atoms with E-state index in [1.54, 1.807) is 6.33 Å². The van der Waals surface area contributed by atoms with Gasteiger partial charge in [0.05, 0.1) is 18.1 Å². The number of nitrogens with zero attached hydrogens (tertiary/aromatic N) is 5. The van der Waals surface area contributed by atoms with Crippen LogP contribution in [0, 0.1) is 0 Å². The van der Waals surface area contributed by atoms with Gasteiger partial charge in [0.2, 0.25) is 0 Å². The maximum Gasteiger partial charge on any atom is 0.192 e. The highest BCUT2D eigenvalue weighted by molar-refractivity contribution is 14.0. The van der Waals surface area contributed by atoms with Crippen molar-refractivity contribution in [3.63, 3.8) is 0 Å². The first-order valence-corrected chi connectivity index (χ1v) is 8.20. The van der Waals surface area contributed by atoms with E-state index in [1.165, 1.54) is 0 Å². The molecule has 0 radical (unpaired) electrons. The van der Waals surface area contributed by atoms with Crippen molar-refractivity contribution in [2.45, 2.75) is 33.5 Å². The van der Waals surface area contributed by atoms with Crippen molar-refractivity contribution >= 4 is 53.1 Å². The molecule has 24 heavy (non-hydrogen) atoms. The second-order valence-corrected chi connectivity index (χ2v) is 5.68. The third-order valence-corrected chi connectivity index (χ3v) is 4.25. The second-order valence-electron chi connectivity index (χ2n) is 4.92. The van der Waals surface area contributed by atoms with Gasteiger partial charge in [0.1, 0.15) is 11.5 Å². The van der Waals surface area contributed by atoms with E-state index in [9.17, 15) is 0 Å². The SMILES string of the molecule is CCNC(=NCc1cc(Cl)c(Cl)n1C)NCc1nncn1CC.I. The summed E-state index contributed by atoms with van der Waals surface area (Å²) in [6.07, 6.45) is 1.72. The number of aromatic nitrogens is 4. The Balaban J connectivity index is 0.00000288. The maximum absolute atomic E-state index is 6.07. The highest BCUT2D eigenvalue weighted by Gasteiger charge is 2.09. The minimum Gasteiger partial charge on any atom is -0.357 e. The van der Waals surface area contributed by atoms with E-state index in [-0.39, 0.29) is 24.0 Å². The number of halogens is 3. The number of aryl methyl sites for hydroxylation is 1. The molecule has 0 spiro atoms. The van der Waals surface area contributed by atoms with Gasteiger partial charge in [0, 0.05) is 25.8 Å². The predicted molar refractivity (Wildman–Crippen MR) is 108 cm³/mol. The van der Waals surface area contributed by atoms with Crippen LogP contribution in [0.4, 0.5) is 0 Å². The van der Waals surface area contributed by atoms with Gasteiger partial charge < -0.3 is 19.8 Å². The molecule has 0 saturated carbocycles. The van der Waals surface area contributed by atoms with Crippen LogP contribution in [0.25, 0.3) is 0 Å². The summed E-state index contributed by atoms with van der Waals surface area (Å²) in [7, 11) is 1.86. The molecule has 0 aliphatic heterocycles. The third kappa shape index (κ3) is 5.25. The van der Waals surface area contributed by atoms with Gasteiger partial charge in [0.25, 0.3) is 0 Å². The van der Waals surface area contributed by atoms with Crippen molar-refractivity contribution in [3.05, 3.63) is 34.1 Å². The van der Waals surface area contributed by atoms with Crippen LogP contribution in [0.3, 0.4) is 0 Å². The Morgan fingerprint density at radius 1 is 1.29 bits per heavy atom. The smallest absolute Gasteiger partial charge is 0.192 e. The Bertz CT molecular complexity index is 681. The van der Waals surface area contributed by atoms with Crippen LogP contribution in [0.15, 0.2) is 17.4 Å². The fourth-order valence-corrected chi connectivity index (χ4v) is 2.50. The zero-order valence-corrected chi connectivity index (χ0v) is 17.7. The molecule has 0 aliphatic rings. The highest BCUT2D eigenvalue weighted by atomic mass is 127. The van der Waals surface area contributed by atoms with Crippen molar-refractivity contribution in [3.8, 4) is 0 Å². The average molecular weight is 486 g/mol. The van der Waals surface area contributed by atoms with Crippen molar-refractivity contribution in [2.24, 2.45) is 12.0 Å². The molecule has 0 amide bonds. The number of aliphatic imine (C=N–C) groups is 1. The Labute approximate surface area is 168 Å². The topological polar surface area (TPSA) is 72.1 Å². The Hall–Kier alpha value is -1.000. The number of nitrogens with one attached hydrogen (secondary N) is 2. The summed E-state index contributed by atoms with van der Waals surface area (Å²) in [5.41, 5.74) is 0.939. The lowest BCUT2D eigenvalue weighted by Gasteiger charge is -2.11. The van der Waals surface area contributed by atoms with Gasteiger partial charge in [-0.2, -0.15) is 0 Å². The molecule has 0 bridgehead atoms. The van der Waals surface area contributed by atoms with Crippen LogP contribution in [-0.2, 0) is 26.7 Å². The Morgan fingerprint density at radius 3 is 2.62 bits per heavy atom. The van der Waals surface area contributed by atoms with Crippen molar-refractivity contribution in [1.82, 2.24) is 30.0 Å². The molecule has 0 aromatic carbocycles. The van der Waals surface area contributed by atoms with Gasteiger partial charge in [-0.3, -0.25) is 0 Å². The predicted octanol–water partition coefficient (Wildman–Crippen LogP) is 2.82. The van der Waals surface area contributed by atoms with Crippen LogP contribution >= 0.6 is 47.2 Å². The molecule has 2 rings (SSSR count). The fourth-order valence-electron chi connectivity index (χ4n) is 2.09.